The molecule has 4 saturated carbocycles. The molecular weight excluding hydrogens is 264 g/mol. The Morgan fingerprint density at radius 2 is 1.62 bits per heavy atom. The van der Waals surface area contributed by atoms with Crippen LogP contribution in [0.3, 0.4) is 0 Å². The van der Waals surface area contributed by atoms with Crippen LogP contribution in [0.5, 0.6) is 0 Å². The van der Waals surface area contributed by atoms with Gasteiger partial charge in [0.05, 0.1) is 6.54 Å². The van der Waals surface area contributed by atoms with Gasteiger partial charge in [-0.1, -0.05) is 0 Å². The van der Waals surface area contributed by atoms with Crippen LogP contribution in [0.25, 0.3) is 0 Å². The summed E-state index contributed by atoms with van der Waals surface area (Å²) in [5, 5.41) is 2.84. The number of carbonyl (C=O) groups excluding carboxylic acids is 2. The average molecular weight is 292 g/mol. The molecule has 4 aliphatic rings. The van der Waals surface area contributed by atoms with E-state index in [0.717, 1.165) is 17.8 Å². The molecule has 0 aromatic heterocycles. The van der Waals surface area contributed by atoms with Crippen LogP contribution in [0.2, 0.25) is 0 Å². The van der Waals surface area contributed by atoms with Crippen molar-refractivity contribution in [2.75, 3.05) is 20.1 Å². The van der Waals surface area contributed by atoms with E-state index in [1.165, 1.54) is 38.5 Å². The van der Waals surface area contributed by atoms with Crippen molar-refractivity contribution in [2.45, 2.75) is 51.9 Å². The Hall–Kier alpha value is -1.06. The zero-order valence-corrected chi connectivity index (χ0v) is 13.4. The van der Waals surface area contributed by atoms with E-state index in [0.29, 0.717) is 13.0 Å². The fourth-order valence-corrected chi connectivity index (χ4v) is 5.40. The van der Waals surface area contributed by atoms with Crippen LogP contribution >= 0.6 is 0 Å². The first-order valence-electron chi connectivity index (χ1n) is 8.50. The summed E-state index contributed by atoms with van der Waals surface area (Å²) in [7, 11) is 1.77. The van der Waals surface area contributed by atoms with E-state index in [1.54, 1.807) is 11.9 Å². The lowest BCUT2D eigenvalue weighted by molar-refractivity contribution is -0.134. The third-order valence-electron chi connectivity index (χ3n) is 6.04. The van der Waals surface area contributed by atoms with Crippen molar-refractivity contribution in [2.24, 2.45) is 23.2 Å². The van der Waals surface area contributed by atoms with Crippen molar-refractivity contribution >= 4 is 11.8 Å². The minimum Gasteiger partial charge on any atom is -0.347 e. The second kappa shape index (κ2) is 5.62. The number of amides is 2. The lowest BCUT2D eigenvalue weighted by atomic mass is 9.49. The smallest absolute Gasteiger partial charge is 0.241 e. The van der Waals surface area contributed by atoms with Gasteiger partial charge in [-0.3, -0.25) is 9.59 Å². The maximum atomic E-state index is 12.3. The number of likely N-dealkylation sites (N-methyl/N-ethyl adjacent to an activating group) is 1. The zero-order chi connectivity index (χ0) is 15.0. The summed E-state index contributed by atoms with van der Waals surface area (Å²) >= 11 is 0. The first kappa shape index (κ1) is 14.9. The second-order valence-corrected chi connectivity index (χ2v) is 7.78. The minimum atomic E-state index is -0.00337. The molecule has 2 amide bonds. The summed E-state index contributed by atoms with van der Waals surface area (Å²) in [4.78, 5) is 25.7. The molecule has 4 fully saturated rings. The van der Waals surface area contributed by atoms with Gasteiger partial charge >= 0.3 is 0 Å². The van der Waals surface area contributed by atoms with Crippen molar-refractivity contribution in [3.8, 4) is 0 Å². The van der Waals surface area contributed by atoms with Gasteiger partial charge in [0.25, 0.3) is 0 Å². The van der Waals surface area contributed by atoms with Crippen molar-refractivity contribution in [1.82, 2.24) is 10.2 Å². The Bertz CT molecular complexity index is 397. The van der Waals surface area contributed by atoms with E-state index in [9.17, 15) is 9.59 Å². The number of nitrogens with one attached hydrogen (secondary N) is 1. The van der Waals surface area contributed by atoms with Crippen LogP contribution < -0.4 is 5.32 Å². The third-order valence-corrected chi connectivity index (χ3v) is 6.04. The average Bonchev–Trinajstić information content (AvgIpc) is 2.41. The molecule has 0 aromatic carbocycles. The Kier molecular flexibility index (Phi) is 3.98. The summed E-state index contributed by atoms with van der Waals surface area (Å²) in [6.07, 6.45) is 8.58. The highest BCUT2D eigenvalue weighted by Gasteiger charge is 2.51. The lowest BCUT2D eigenvalue weighted by Gasteiger charge is -2.56. The van der Waals surface area contributed by atoms with E-state index in [4.69, 9.17) is 0 Å². The van der Waals surface area contributed by atoms with E-state index in [-0.39, 0.29) is 23.8 Å². The molecule has 4 heteroatoms. The van der Waals surface area contributed by atoms with Crippen molar-refractivity contribution < 1.29 is 9.59 Å². The summed E-state index contributed by atoms with van der Waals surface area (Å²) in [5.74, 6) is 2.69. The van der Waals surface area contributed by atoms with E-state index in [2.05, 4.69) is 5.32 Å². The fraction of sp³-hybridized carbons (Fsp3) is 0.882. The Morgan fingerprint density at radius 3 is 2.10 bits per heavy atom. The number of rotatable bonds is 5. The van der Waals surface area contributed by atoms with Crippen molar-refractivity contribution in [3.63, 3.8) is 0 Å². The van der Waals surface area contributed by atoms with Crippen LogP contribution in [-0.4, -0.2) is 36.9 Å². The fourth-order valence-electron chi connectivity index (χ4n) is 5.40. The molecule has 4 aliphatic carbocycles. The summed E-state index contributed by atoms with van der Waals surface area (Å²) in [6.45, 7) is 2.77. The van der Waals surface area contributed by atoms with E-state index >= 15 is 0 Å². The second-order valence-electron chi connectivity index (χ2n) is 7.78. The maximum Gasteiger partial charge on any atom is 0.241 e. The molecular formula is C17H28N2O2. The molecule has 4 rings (SSSR count). The van der Waals surface area contributed by atoms with Gasteiger partial charge in [-0.2, -0.15) is 0 Å². The van der Waals surface area contributed by atoms with Gasteiger partial charge < -0.3 is 10.2 Å². The van der Waals surface area contributed by atoms with Crippen LogP contribution in [0, 0.1) is 23.2 Å². The standard InChI is InChI=1S/C17H28N2O2/c1-3-19(2)16(21)11-18-15(20)10-17-7-12-4-13(8-17)6-14(5-12)9-17/h12-14H,3-11H2,1-2H3,(H,18,20). The molecule has 4 nitrogen and oxygen atoms in total. The molecule has 0 heterocycles. The highest BCUT2D eigenvalue weighted by molar-refractivity contribution is 5.84. The highest BCUT2D eigenvalue weighted by Crippen LogP contribution is 2.61. The number of nitrogens with zero attached hydrogens (tertiary/aromatic N) is 1. The lowest BCUT2D eigenvalue weighted by Crippen LogP contribution is -2.48. The molecule has 4 bridgehead atoms. The van der Waals surface area contributed by atoms with Crippen LogP contribution in [0.4, 0.5) is 0 Å². The molecule has 0 aliphatic heterocycles. The predicted molar refractivity (Wildman–Crippen MR) is 81.5 cm³/mol. The van der Waals surface area contributed by atoms with E-state index < -0.39 is 0 Å². The summed E-state index contributed by atoms with van der Waals surface area (Å²) in [6, 6.07) is 0. The molecule has 0 saturated heterocycles. The van der Waals surface area contributed by atoms with Crippen LogP contribution in [-0.2, 0) is 9.59 Å². The topological polar surface area (TPSA) is 49.4 Å². The largest absolute Gasteiger partial charge is 0.347 e. The van der Waals surface area contributed by atoms with Crippen LogP contribution in [0.15, 0.2) is 0 Å². The molecule has 118 valence electrons. The predicted octanol–water partition coefficient (Wildman–Crippen LogP) is 2.19. The first-order valence-corrected chi connectivity index (χ1v) is 8.50. The zero-order valence-electron chi connectivity index (χ0n) is 13.4. The van der Waals surface area contributed by atoms with E-state index in [1.807, 2.05) is 6.92 Å². The van der Waals surface area contributed by atoms with Gasteiger partial charge in [0.1, 0.15) is 0 Å². The van der Waals surface area contributed by atoms with Gasteiger partial charge in [-0.25, -0.2) is 0 Å². The quantitative estimate of drug-likeness (QED) is 0.844. The molecule has 21 heavy (non-hydrogen) atoms. The Balaban J connectivity index is 1.52. The highest BCUT2D eigenvalue weighted by atomic mass is 16.2. The van der Waals surface area contributed by atoms with Gasteiger partial charge in [0.15, 0.2) is 0 Å². The Labute approximate surface area is 127 Å². The summed E-state index contributed by atoms with van der Waals surface area (Å²) in [5.41, 5.74) is 0.262. The van der Waals surface area contributed by atoms with Gasteiger partial charge in [0, 0.05) is 20.0 Å². The molecule has 0 unspecified atom stereocenters. The Morgan fingerprint density at radius 1 is 1.10 bits per heavy atom. The monoisotopic (exact) mass is 292 g/mol. The molecule has 1 N–H and O–H groups in total. The number of hydrogen-bond donors (Lipinski definition) is 1. The molecule has 0 aromatic rings. The number of carbonyl (C=O) groups is 2. The van der Waals surface area contributed by atoms with Gasteiger partial charge in [-0.15, -0.1) is 0 Å². The molecule has 0 spiro atoms. The van der Waals surface area contributed by atoms with Gasteiger partial charge in [0.2, 0.25) is 11.8 Å². The van der Waals surface area contributed by atoms with Crippen LogP contribution in [0.1, 0.15) is 51.9 Å². The molecule has 0 radical (unpaired) electrons. The SMILES string of the molecule is CCN(C)C(=O)CNC(=O)CC12CC3CC(CC(C3)C1)C2. The minimum absolute atomic E-state index is 0.00337. The van der Waals surface area contributed by atoms with Crippen molar-refractivity contribution in [1.29, 1.82) is 0 Å². The maximum absolute atomic E-state index is 12.3. The summed E-state index contributed by atoms with van der Waals surface area (Å²) < 4.78 is 0. The number of hydrogen-bond acceptors (Lipinski definition) is 2. The third kappa shape index (κ3) is 3.09. The first-order chi connectivity index (χ1) is 9.99. The van der Waals surface area contributed by atoms with Crippen molar-refractivity contribution in [3.05, 3.63) is 0 Å². The van der Waals surface area contributed by atoms with Gasteiger partial charge in [-0.05, 0) is 68.6 Å². The molecule has 0 atom stereocenters. The normalized spacial score (nSPS) is 36.6.